The maximum absolute atomic E-state index is 12.8. The van der Waals surface area contributed by atoms with Crippen LogP contribution in [0.15, 0.2) is 18.2 Å². The molecule has 1 atom stereocenters. The fourth-order valence-corrected chi connectivity index (χ4v) is 1.58. The molecule has 1 aromatic carbocycles. The lowest BCUT2D eigenvalue weighted by Gasteiger charge is -2.10. The molecule has 0 bridgehead atoms. The zero-order valence-electron chi connectivity index (χ0n) is 8.62. The number of benzene rings is 1. The molecule has 1 aromatic rings. The predicted molar refractivity (Wildman–Crippen MR) is 60.0 cm³/mol. The highest BCUT2D eigenvalue weighted by atomic mass is 35.5. The molecule has 0 saturated heterocycles. The summed E-state index contributed by atoms with van der Waals surface area (Å²) in [5.74, 6) is -1.34. The Morgan fingerprint density at radius 3 is 2.81 bits per heavy atom. The Morgan fingerprint density at radius 2 is 2.25 bits per heavy atom. The molecule has 0 aromatic heterocycles. The van der Waals surface area contributed by atoms with Gasteiger partial charge in [-0.3, -0.25) is 4.79 Å². The first-order chi connectivity index (χ1) is 7.49. The molecule has 0 spiro atoms. The highest BCUT2D eigenvalue weighted by Gasteiger charge is 2.08. The third-order valence-electron chi connectivity index (χ3n) is 2.21. The number of nitrogens with two attached hydrogens (primary N) is 1. The molecule has 16 heavy (non-hydrogen) atoms. The number of carboxylic acid groups (broad SMARTS) is 1. The van der Waals surface area contributed by atoms with Crippen molar-refractivity contribution in [3.63, 3.8) is 0 Å². The van der Waals surface area contributed by atoms with Gasteiger partial charge in [0.1, 0.15) is 5.82 Å². The SMILES string of the molecule is NC(CCC(=O)O)Cc1ccc(F)c(Cl)c1. The van der Waals surface area contributed by atoms with Crippen LogP contribution < -0.4 is 5.73 Å². The van der Waals surface area contributed by atoms with Gasteiger partial charge in [0.25, 0.3) is 0 Å². The van der Waals surface area contributed by atoms with Crippen molar-refractivity contribution < 1.29 is 14.3 Å². The van der Waals surface area contributed by atoms with Crippen molar-refractivity contribution in [2.45, 2.75) is 25.3 Å². The Labute approximate surface area is 98.0 Å². The molecular formula is C11H13ClFNO2. The summed E-state index contributed by atoms with van der Waals surface area (Å²) < 4.78 is 12.8. The maximum Gasteiger partial charge on any atom is 0.303 e. The van der Waals surface area contributed by atoms with Crippen LogP contribution in [0.25, 0.3) is 0 Å². The third kappa shape index (κ3) is 4.16. The summed E-state index contributed by atoms with van der Waals surface area (Å²) >= 11 is 5.61. The van der Waals surface area contributed by atoms with Gasteiger partial charge >= 0.3 is 5.97 Å². The van der Waals surface area contributed by atoms with E-state index < -0.39 is 11.8 Å². The molecule has 0 aliphatic carbocycles. The minimum absolute atomic E-state index is 0.0378. The van der Waals surface area contributed by atoms with E-state index in [1.807, 2.05) is 0 Å². The van der Waals surface area contributed by atoms with E-state index in [1.165, 1.54) is 12.1 Å². The van der Waals surface area contributed by atoms with Crippen molar-refractivity contribution in [2.24, 2.45) is 5.73 Å². The van der Waals surface area contributed by atoms with Crippen LogP contribution in [0.5, 0.6) is 0 Å². The second-order valence-electron chi connectivity index (χ2n) is 3.65. The number of aliphatic carboxylic acids is 1. The van der Waals surface area contributed by atoms with Gasteiger partial charge in [-0.25, -0.2) is 4.39 Å². The maximum atomic E-state index is 12.8. The molecule has 5 heteroatoms. The van der Waals surface area contributed by atoms with Crippen LogP contribution in [0.3, 0.4) is 0 Å². The zero-order chi connectivity index (χ0) is 12.1. The summed E-state index contributed by atoms with van der Waals surface area (Å²) in [6, 6.07) is 4.14. The van der Waals surface area contributed by atoms with E-state index in [9.17, 15) is 9.18 Å². The fourth-order valence-electron chi connectivity index (χ4n) is 1.38. The van der Waals surface area contributed by atoms with Gasteiger partial charge in [0, 0.05) is 12.5 Å². The van der Waals surface area contributed by atoms with Gasteiger partial charge in [0.05, 0.1) is 5.02 Å². The fraction of sp³-hybridized carbons (Fsp3) is 0.364. The molecule has 0 fully saturated rings. The topological polar surface area (TPSA) is 63.3 Å². The Kier molecular flexibility index (Phi) is 4.71. The van der Waals surface area contributed by atoms with Crippen molar-refractivity contribution >= 4 is 17.6 Å². The molecular weight excluding hydrogens is 233 g/mol. The Bertz CT molecular complexity index is 384. The lowest BCUT2D eigenvalue weighted by atomic mass is 10.0. The predicted octanol–water partition coefficient (Wildman–Crippen LogP) is 2.21. The van der Waals surface area contributed by atoms with Crippen molar-refractivity contribution in [3.05, 3.63) is 34.6 Å². The average Bonchev–Trinajstić information content (AvgIpc) is 2.21. The molecule has 3 nitrogen and oxygen atoms in total. The van der Waals surface area contributed by atoms with E-state index in [0.29, 0.717) is 12.8 Å². The van der Waals surface area contributed by atoms with Crippen molar-refractivity contribution in [3.8, 4) is 0 Å². The number of rotatable bonds is 5. The lowest BCUT2D eigenvalue weighted by Crippen LogP contribution is -2.23. The van der Waals surface area contributed by atoms with E-state index in [1.54, 1.807) is 6.07 Å². The second-order valence-corrected chi connectivity index (χ2v) is 4.05. The number of carbonyl (C=O) groups is 1. The molecule has 3 N–H and O–H groups in total. The van der Waals surface area contributed by atoms with Crippen molar-refractivity contribution in [1.29, 1.82) is 0 Å². The van der Waals surface area contributed by atoms with E-state index in [0.717, 1.165) is 5.56 Å². The monoisotopic (exact) mass is 245 g/mol. The Morgan fingerprint density at radius 1 is 1.56 bits per heavy atom. The zero-order valence-corrected chi connectivity index (χ0v) is 9.38. The smallest absolute Gasteiger partial charge is 0.303 e. The molecule has 0 radical (unpaired) electrons. The van der Waals surface area contributed by atoms with E-state index in [4.69, 9.17) is 22.4 Å². The molecule has 0 aliphatic heterocycles. The lowest BCUT2D eigenvalue weighted by molar-refractivity contribution is -0.137. The molecule has 0 amide bonds. The van der Waals surface area contributed by atoms with Gasteiger partial charge in [-0.1, -0.05) is 17.7 Å². The van der Waals surface area contributed by atoms with Crippen molar-refractivity contribution in [1.82, 2.24) is 0 Å². The molecule has 88 valence electrons. The normalized spacial score (nSPS) is 12.4. The molecule has 1 unspecified atom stereocenters. The first-order valence-corrected chi connectivity index (χ1v) is 5.28. The first-order valence-electron chi connectivity index (χ1n) is 4.90. The quantitative estimate of drug-likeness (QED) is 0.836. The standard InChI is InChI=1S/C11H13ClFNO2/c12-9-6-7(1-3-10(9)13)5-8(14)2-4-11(15)16/h1,3,6,8H,2,4-5,14H2,(H,15,16). The minimum Gasteiger partial charge on any atom is -0.481 e. The highest BCUT2D eigenvalue weighted by molar-refractivity contribution is 6.30. The van der Waals surface area contributed by atoms with E-state index in [2.05, 4.69) is 0 Å². The van der Waals surface area contributed by atoms with Gasteiger partial charge in [-0.05, 0) is 30.5 Å². The summed E-state index contributed by atoms with van der Waals surface area (Å²) in [6.07, 6.45) is 0.924. The van der Waals surface area contributed by atoms with Gasteiger partial charge < -0.3 is 10.8 Å². The first kappa shape index (κ1) is 12.9. The van der Waals surface area contributed by atoms with E-state index >= 15 is 0 Å². The van der Waals surface area contributed by atoms with Gasteiger partial charge in [-0.2, -0.15) is 0 Å². The summed E-state index contributed by atoms with van der Waals surface area (Å²) in [7, 11) is 0. The third-order valence-corrected chi connectivity index (χ3v) is 2.50. The Balaban J connectivity index is 2.52. The van der Waals surface area contributed by atoms with Crippen LogP contribution in [-0.4, -0.2) is 17.1 Å². The second kappa shape index (κ2) is 5.82. The number of hydrogen-bond donors (Lipinski definition) is 2. The summed E-state index contributed by atoms with van der Waals surface area (Å²) in [4.78, 5) is 10.3. The summed E-state index contributed by atoms with van der Waals surface area (Å²) in [5, 5.41) is 8.54. The van der Waals surface area contributed by atoms with Crippen molar-refractivity contribution in [2.75, 3.05) is 0 Å². The van der Waals surface area contributed by atoms with Crippen LogP contribution in [0.1, 0.15) is 18.4 Å². The molecule has 0 aliphatic rings. The Hall–Kier alpha value is -1.13. The number of halogens is 2. The number of carboxylic acids is 1. The molecule has 0 heterocycles. The molecule has 1 rings (SSSR count). The van der Waals surface area contributed by atoms with E-state index in [-0.39, 0.29) is 17.5 Å². The van der Waals surface area contributed by atoms with Crippen LogP contribution >= 0.6 is 11.6 Å². The summed E-state index contributed by atoms with van der Waals surface area (Å²) in [6.45, 7) is 0. The average molecular weight is 246 g/mol. The van der Waals surface area contributed by atoms with Crippen LogP contribution in [0, 0.1) is 5.82 Å². The minimum atomic E-state index is -0.868. The molecule has 0 saturated carbocycles. The van der Waals surface area contributed by atoms with Crippen LogP contribution in [0.4, 0.5) is 4.39 Å². The largest absolute Gasteiger partial charge is 0.481 e. The highest BCUT2D eigenvalue weighted by Crippen LogP contribution is 2.17. The number of hydrogen-bond acceptors (Lipinski definition) is 2. The van der Waals surface area contributed by atoms with Gasteiger partial charge in [-0.15, -0.1) is 0 Å². The summed E-state index contributed by atoms with van der Waals surface area (Å²) in [5.41, 5.74) is 6.55. The van der Waals surface area contributed by atoms with Crippen LogP contribution in [-0.2, 0) is 11.2 Å². The van der Waals surface area contributed by atoms with Gasteiger partial charge in [0.2, 0.25) is 0 Å². The van der Waals surface area contributed by atoms with Gasteiger partial charge in [0.15, 0.2) is 0 Å². The van der Waals surface area contributed by atoms with Crippen LogP contribution in [0.2, 0.25) is 5.02 Å².